The van der Waals surface area contributed by atoms with E-state index in [1.165, 1.54) is 50.1 Å². The van der Waals surface area contributed by atoms with Crippen molar-refractivity contribution in [2.45, 2.75) is 0 Å². The van der Waals surface area contributed by atoms with E-state index < -0.39 is 0 Å². The number of fused-ring (bicyclic) bond motifs is 14. The Balaban J connectivity index is 1.19. The van der Waals surface area contributed by atoms with Gasteiger partial charge < -0.3 is 8.83 Å². The minimum absolute atomic E-state index is 0.887. The topological polar surface area (TPSA) is 26.3 Å². The number of rotatable bonds is 3. The van der Waals surface area contributed by atoms with Crippen molar-refractivity contribution >= 4 is 43.9 Å². The molecule has 2 aromatic heterocycles. The van der Waals surface area contributed by atoms with E-state index in [-0.39, 0.29) is 0 Å². The maximum absolute atomic E-state index is 6.66. The molecule has 2 heterocycles. The second-order valence-electron chi connectivity index (χ2n) is 14.7. The van der Waals surface area contributed by atoms with E-state index >= 15 is 0 Å². The fourth-order valence-electron chi connectivity index (χ4n) is 9.19. The van der Waals surface area contributed by atoms with Crippen molar-refractivity contribution in [3.8, 4) is 77.9 Å². The van der Waals surface area contributed by atoms with Gasteiger partial charge in [-0.05, 0) is 97.1 Å². The van der Waals surface area contributed by atoms with E-state index in [1.54, 1.807) is 0 Å². The summed E-state index contributed by atoms with van der Waals surface area (Å²) in [6.07, 6.45) is 0. The van der Waals surface area contributed by atoms with Gasteiger partial charge in [0.15, 0.2) is 0 Å². The highest BCUT2D eigenvalue weighted by Gasteiger charge is 2.25. The fourth-order valence-corrected chi connectivity index (χ4v) is 9.19. The highest BCUT2D eigenvalue weighted by atomic mass is 16.3. The third-order valence-electron chi connectivity index (χ3n) is 11.7. The van der Waals surface area contributed by atoms with Gasteiger partial charge in [0.2, 0.25) is 0 Å². The number of furan rings is 2. The minimum atomic E-state index is 0.887. The molecule has 0 radical (unpaired) electrons. The van der Waals surface area contributed by atoms with Crippen LogP contribution in [0.2, 0.25) is 0 Å². The maximum Gasteiger partial charge on any atom is 0.143 e. The lowest BCUT2D eigenvalue weighted by Crippen LogP contribution is -1.99. The number of para-hydroxylation sites is 4. The zero-order valence-electron chi connectivity index (χ0n) is 30.3. The van der Waals surface area contributed by atoms with E-state index in [0.29, 0.717) is 0 Å². The predicted molar refractivity (Wildman–Crippen MR) is 233 cm³/mol. The average Bonchev–Trinajstić information content (AvgIpc) is 3.84. The van der Waals surface area contributed by atoms with Crippen molar-refractivity contribution in [2.75, 3.05) is 0 Å². The summed E-state index contributed by atoms with van der Waals surface area (Å²) >= 11 is 0. The van der Waals surface area contributed by atoms with E-state index in [4.69, 9.17) is 8.83 Å². The molecule has 0 aliphatic heterocycles. The van der Waals surface area contributed by atoms with Crippen molar-refractivity contribution < 1.29 is 8.83 Å². The van der Waals surface area contributed by atoms with Gasteiger partial charge in [-0.15, -0.1) is 0 Å². The van der Waals surface area contributed by atoms with Gasteiger partial charge in [-0.3, -0.25) is 0 Å². The van der Waals surface area contributed by atoms with Crippen LogP contribution >= 0.6 is 0 Å². The zero-order valence-corrected chi connectivity index (χ0v) is 30.3. The van der Waals surface area contributed by atoms with Crippen LogP contribution in [0.3, 0.4) is 0 Å². The molecule has 12 rings (SSSR count). The lowest BCUT2D eigenvalue weighted by Gasteiger charge is -2.25. The van der Waals surface area contributed by atoms with E-state index in [9.17, 15) is 0 Å². The summed E-state index contributed by atoms with van der Waals surface area (Å²) in [6.45, 7) is 0. The molecule has 2 nitrogen and oxygen atoms in total. The van der Waals surface area contributed by atoms with Gasteiger partial charge in [0.05, 0.1) is 0 Å². The van der Waals surface area contributed by atoms with Gasteiger partial charge in [-0.25, -0.2) is 0 Å². The molecule has 56 heavy (non-hydrogen) atoms. The Bertz CT molecular complexity index is 3240. The molecule has 0 bridgehead atoms. The van der Waals surface area contributed by atoms with Crippen LogP contribution in [0.15, 0.2) is 203 Å². The van der Waals surface area contributed by atoms with Crippen LogP contribution in [-0.4, -0.2) is 0 Å². The quantitative estimate of drug-likeness (QED) is 0.182. The minimum Gasteiger partial charge on any atom is -0.455 e. The first kappa shape index (κ1) is 31.0. The smallest absolute Gasteiger partial charge is 0.143 e. The van der Waals surface area contributed by atoms with Crippen LogP contribution in [0.25, 0.3) is 122 Å². The van der Waals surface area contributed by atoms with Crippen LogP contribution in [0.1, 0.15) is 0 Å². The van der Waals surface area contributed by atoms with Gasteiger partial charge in [-0.2, -0.15) is 0 Å². The van der Waals surface area contributed by atoms with Crippen molar-refractivity contribution in [1.82, 2.24) is 0 Å². The number of hydrogen-bond donors (Lipinski definition) is 0. The SMILES string of the molecule is c1ccc2c(c1)-c1ccccc1-c1cccc(-c3cc(-c4cccc5c4oc4ccccc45)cc(-c4cccc5c4oc4ccccc45)c3)c1-c1ccccc1-2. The van der Waals surface area contributed by atoms with Crippen LogP contribution < -0.4 is 0 Å². The molecular formula is C54H32O2. The third-order valence-corrected chi connectivity index (χ3v) is 11.7. The van der Waals surface area contributed by atoms with Crippen LogP contribution in [0.4, 0.5) is 0 Å². The molecule has 0 amide bonds. The summed E-state index contributed by atoms with van der Waals surface area (Å²) in [6, 6.07) is 70.0. The monoisotopic (exact) mass is 712 g/mol. The first-order chi connectivity index (χ1) is 27.8. The molecule has 260 valence electrons. The molecule has 1 aliphatic carbocycles. The summed E-state index contributed by atoms with van der Waals surface area (Å²) in [4.78, 5) is 0. The molecule has 0 spiro atoms. The van der Waals surface area contributed by atoms with Crippen molar-refractivity contribution in [1.29, 1.82) is 0 Å². The Morgan fingerprint density at radius 3 is 1.07 bits per heavy atom. The number of benzene rings is 9. The Labute approximate surface area is 323 Å². The first-order valence-electron chi connectivity index (χ1n) is 19.2. The highest BCUT2D eigenvalue weighted by Crippen LogP contribution is 2.51. The molecule has 0 N–H and O–H groups in total. The molecule has 0 saturated heterocycles. The Kier molecular flexibility index (Phi) is 6.66. The fraction of sp³-hybridized carbons (Fsp3) is 0. The van der Waals surface area contributed by atoms with Crippen molar-refractivity contribution in [2.24, 2.45) is 0 Å². The predicted octanol–water partition coefficient (Wildman–Crippen LogP) is 15.5. The van der Waals surface area contributed by atoms with Gasteiger partial charge >= 0.3 is 0 Å². The summed E-state index contributed by atoms with van der Waals surface area (Å²) in [5.41, 5.74) is 19.9. The molecule has 0 saturated carbocycles. The molecule has 9 aromatic carbocycles. The molecule has 0 atom stereocenters. The largest absolute Gasteiger partial charge is 0.455 e. The molecular weight excluding hydrogens is 681 g/mol. The number of hydrogen-bond acceptors (Lipinski definition) is 2. The second-order valence-corrected chi connectivity index (χ2v) is 14.7. The van der Waals surface area contributed by atoms with Crippen LogP contribution in [0, 0.1) is 0 Å². The van der Waals surface area contributed by atoms with Crippen molar-refractivity contribution in [3.05, 3.63) is 194 Å². The van der Waals surface area contributed by atoms with Gasteiger partial charge in [-0.1, -0.05) is 164 Å². The van der Waals surface area contributed by atoms with Crippen molar-refractivity contribution in [3.63, 3.8) is 0 Å². The standard InChI is InChI=1S/C54H32O2/c1-2-15-40-39(14-1)41-16-3-4-17-43(41)47-25-11-22-36(52(47)46-21-6-5-18-42(40)46)33-30-34(37-23-12-26-48-44-19-7-9-28-50(44)55-53(37)48)32-35(31-33)38-24-13-27-49-45-20-8-10-29-51(45)56-54(38)49/h1-32H. The molecule has 2 heteroatoms. The van der Waals surface area contributed by atoms with Crippen LogP contribution in [0.5, 0.6) is 0 Å². The van der Waals surface area contributed by atoms with Gasteiger partial charge in [0.25, 0.3) is 0 Å². The summed E-state index contributed by atoms with van der Waals surface area (Å²) in [5.74, 6) is 0. The lowest BCUT2D eigenvalue weighted by molar-refractivity contribution is 0.670. The van der Waals surface area contributed by atoms with Gasteiger partial charge in [0.1, 0.15) is 22.3 Å². The molecule has 0 fully saturated rings. The first-order valence-corrected chi connectivity index (χ1v) is 19.2. The highest BCUT2D eigenvalue weighted by molar-refractivity contribution is 6.13. The van der Waals surface area contributed by atoms with Crippen LogP contribution in [-0.2, 0) is 0 Å². The summed E-state index contributed by atoms with van der Waals surface area (Å²) in [5, 5.41) is 4.46. The Morgan fingerprint density at radius 1 is 0.232 bits per heavy atom. The van der Waals surface area contributed by atoms with E-state index in [0.717, 1.165) is 71.7 Å². The van der Waals surface area contributed by atoms with E-state index in [2.05, 4.69) is 182 Å². The maximum atomic E-state index is 6.66. The van der Waals surface area contributed by atoms with E-state index in [1.807, 2.05) is 12.1 Å². The average molecular weight is 713 g/mol. The zero-order chi connectivity index (χ0) is 36.7. The Morgan fingerprint density at radius 2 is 0.554 bits per heavy atom. The molecule has 1 aliphatic rings. The molecule has 11 aromatic rings. The Hall–Kier alpha value is -7.42. The summed E-state index contributed by atoms with van der Waals surface area (Å²) < 4.78 is 13.3. The van der Waals surface area contributed by atoms with Gasteiger partial charge in [0, 0.05) is 32.7 Å². The normalized spacial score (nSPS) is 11.9. The second kappa shape index (κ2) is 12.0. The molecule has 0 unspecified atom stereocenters. The summed E-state index contributed by atoms with van der Waals surface area (Å²) in [7, 11) is 0. The third kappa shape index (κ3) is 4.57. The lowest BCUT2D eigenvalue weighted by atomic mass is 9.78.